The van der Waals surface area contributed by atoms with E-state index in [1.807, 2.05) is 48.5 Å². The molecule has 0 bridgehead atoms. The molecule has 1 saturated heterocycles. The zero-order chi connectivity index (χ0) is 16.1. The monoisotopic (exact) mass is 321 g/mol. The van der Waals surface area contributed by atoms with Gasteiger partial charge in [0.15, 0.2) is 0 Å². The van der Waals surface area contributed by atoms with Gasteiger partial charge < -0.3 is 14.8 Å². The minimum absolute atomic E-state index is 0.170. The van der Waals surface area contributed by atoms with Crippen LogP contribution in [0.3, 0.4) is 0 Å². The van der Waals surface area contributed by atoms with Gasteiger partial charge in [-0.1, -0.05) is 36.4 Å². The van der Waals surface area contributed by atoms with Crippen molar-refractivity contribution in [2.45, 2.75) is 5.92 Å². The molecule has 4 nitrogen and oxygen atoms in total. The predicted molar refractivity (Wildman–Crippen MR) is 89.1 cm³/mol. The summed E-state index contributed by atoms with van der Waals surface area (Å²) in [5.41, 5.74) is 1.78. The predicted octanol–water partition coefficient (Wildman–Crippen LogP) is 2.93. The van der Waals surface area contributed by atoms with Crippen LogP contribution >= 0.6 is 0 Å². The second kappa shape index (κ2) is 5.35. The molecule has 4 heteroatoms. The van der Waals surface area contributed by atoms with Gasteiger partial charge in [0.1, 0.15) is 17.4 Å². The SMILES string of the molecule is O=C(OCC1[C@H]2CNC[C@@H]12)C1c2ccccc2Oc2ccccc21. The van der Waals surface area contributed by atoms with Crippen molar-refractivity contribution < 1.29 is 14.3 Å². The number of hydrogen-bond donors (Lipinski definition) is 1. The van der Waals surface area contributed by atoms with Crippen molar-refractivity contribution in [3.05, 3.63) is 59.7 Å². The number of rotatable bonds is 3. The molecular formula is C20H19NO3. The van der Waals surface area contributed by atoms with Crippen LogP contribution in [0.15, 0.2) is 48.5 Å². The third-order valence-corrected chi connectivity index (χ3v) is 5.60. The number of nitrogens with one attached hydrogen (secondary N) is 1. The van der Waals surface area contributed by atoms with Crippen LogP contribution in [0.2, 0.25) is 0 Å². The maximum atomic E-state index is 12.9. The Kier molecular flexibility index (Phi) is 3.13. The Morgan fingerprint density at radius 2 is 1.58 bits per heavy atom. The summed E-state index contributed by atoms with van der Waals surface area (Å²) in [6.45, 7) is 2.67. The lowest BCUT2D eigenvalue weighted by molar-refractivity contribution is -0.145. The number of carbonyl (C=O) groups is 1. The van der Waals surface area contributed by atoms with Crippen LogP contribution in [0.5, 0.6) is 11.5 Å². The number of hydrogen-bond acceptors (Lipinski definition) is 4. The molecule has 2 heterocycles. The summed E-state index contributed by atoms with van der Waals surface area (Å²) in [4.78, 5) is 12.9. The summed E-state index contributed by atoms with van der Waals surface area (Å²) >= 11 is 0. The van der Waals surface area contributed by atoms with E-state index in [4.69, 9.17) is 9.47 Å². The van der Waals surface area contributed by atoms with Gasteiger partial charge in [-0.15, -0.1) is 0 Å². The van der Waals surface area contributed by atoms with E-state index in [2.05, 4.69) is 5.32 Å². The molecule has 1 unspecified atom stereocenters. The quantitative estimate of drug-likeness (QED) is 0.883. The van der Waals surface area contributed by atoms with E-state index in [0.29, 0.717) is 24.4 Å². The van der Waals surface area contributed by atoms with E-state index in [1.165, 1.54) is 0 Å². The van der Waals surface area contributed by atoms with Crippen molar-refractivity contribution in [1.82, 2.24) is 5.32 Å². The zero-order valence-corrected chi connectivity index (χ0v) is 13.3. The molecule has 0 amide bonds. The number of para-hydroxylation sites is 2. The van der Waals surface area contributed by atoms with Crippen molar-refractivity contribution in [1.29, 1.82) is 0 Å². The molecule has 1 N–H and O–H groups in total. The summed E-state index contributed by atoms with van der Waals surface area (Å²) in [5, 5.41) is 3.37. The average molecular weight is 321 g/mol. The molecule has 3 aliphatic rings. The second-order valence-electron chi connectivity index (χ2n) is 6.89. The maximum Gasteiger partial charge on any atom is 0.318 e. The molecule has 3 atom stereocenters. The van der Waals surface area contributed by atoms with E-state index in [0.717, 1.165) is 35.7 Å². The number of piperidine rings is 1. The first-order valence-electron chi connectivity index (χ1n) is 8.56. The van der Waals surface area contributed by atoms with Crippen molar-refractivity contribution in [3.63, 3.8) is 0 Å². The molecule has 2 aromatic rings. The Labute approximate surface area is 140 Å². The Hall–Kier alpha value is -2.33. The highest BCUT2D eigenvalue weighted by molar-refractivity contribution is 5.85. The molecule has 1 aliphatic carbocycles. The first kappa shape index (κ1) is 14.1. The normalized spacial score (nSPS) is 26.8. The lowest BCUT2D eigenvalue weighted by Gasteiger charge is -2.26. The van der Waals surface area contributed by atoms with Crippen LogP contribution in [-0.4, -0.2) is 25.7 Å². The zero-order valence-electron chi connectivity index (χ0n) is 13.3. The van der Waals surface area contributed by atoms with Gasteiger partial charge in [0.2, 0.25) is 0 Å². The van der Waals surface area contributed by atoms with Gasteiger partial charge in [0.05, 0.1) is 6.61 Å². The van der Waals surface area contributed by atoms with Gasteiger partial charge in [-0.05, 0) is 37.1 Å². The molecule has 2 aromatic carbocycles. The molecule has 0 aromatic heterocycles. The highest BCUT2D eigenvalue weighted by Crippen LogP contribution is 2.49. The van der Waals surface area contributed by atoms with Crippen molar-refractivity contribution >= 4 is 5.97 Å². The Morgan fingerprint density at radius 3 is 2.21 bits per heavy atom. The minimum Gasteiger partial charge on any atom is -0.465 e. The molecule has 122 valence electrons. The Bertz CT molecular complexity index is 747. The number of carbonyl (C=O) groups excluding carboxylic acids is 1. The van der Waals surface area contributed by atoms with Gasteiger partial charge in [-0.3, -0.25) is 4.79 Å². The molecule has 1 saturated carbocycles. The second-order valence-corrected chi connectivity index (χ2v) is 6.89. The van der Waals surface area contributed by atoms with Crippen LogP contribution in [0, 0.1) is 17.8 Å². The number of benzene rings is 2. The van der Waals surface area contributed by atoms with Gasteiger partial charge in [-0.25, -0.2) is 0 Å². The van der Waals surface area contributed by atoms with Crippen molar-refractivity contribution in [2.75, 3.05) is 19.7 Å². The summed E-state index contributed by atoms with van der Waals surface area (Å²) < 4.78 is 11.7. The highest BCUT2D eigenvalue weighted by atomic mass is 16.5. The average Bonchev–Trinajstić information content (AvgIpc) is 3.04. The number of esters is 1. The fraction of sp³-hybridized carbons (Fsp3) is 0.350. The molecule has 2 fully saturated rings. The summed E-state index contributed by atoms with van der Waals surface area (Å²) in [6.07, 6.45) is 0. The van der Waals surface area contributed by atoms with Gasteiger partial charge in [-0.2, -0.15) is 0 Å². The topological polar surface area (TPSA) is 47.6 Å². The third-order valence-electron chi connectivity index (χ3n) is 5.60. The summed E-state index contributed by atoms with van der Waals surface area (Å²) in [7, 11) is 0. The standard InChI is InChI=1S/C20H19NO3/c22-20(23-11-16-14-9-21-10-15(14)16)19-12-5-1-3-7-17(12)24-18-8-4-2-6-13(18)19/h1-8,14-16,19,21H,9-11H2/t14-,15+,16?. The fourth-order valence-electron chi connectivity index (χ4n) is 4.22. The van der Waals surface area contributed by atoms with Gasteiger partial charge >= 0.3 is 5.97 Å². The maximum absolute atomic E-state index is 12.9. The third kappa shape index (κ3) is 2.13. The first-order chi connectivity index (χ1) is 11.8. The van der Waals surface area contributed by atoms with Crippen LogP contribution in [-0.2, 0) is 9.53 Å². The van der Waals surface area contributed by atoms with Crippen LogP contribution in [0.25, 0.3) is 0 Å². The molecule has 0 spiro atoms. The largest absolute Gasteiger partial charge is 0.465 e. The van der Waals surface area contributed by atoms with E-state index in [-0.39, 0.29) is 5.97 Å². The van der Waals surface area contributed by atoms with E-state index >= 15 is 0 Å². The molecule has 2 aliphatic heterocycles. The summed E-state index contributed by atoms with van der Waals surface area (Å²) in [5.74, 6) is 2.86. The molecule has 24 heavy (non-hydrogen) atoms. The highest BCUT2D eigenvalue weighted by Gasteiger charge is 2.53. The molecular weight excluding hydrogens is 302 g/mol. The van der Waals surface area contributed by atoms with E-state index in [1.54, 1.807) is 0 Å². The number of ether oxygens (including phenoxy) is 2. The van der Waals surface area contributed by atoms with Crippen molar-refractivity contribution in [3.8, 4) is 11.5 Å². The van der Waals surface area contributed by atoms with E-state index in [9.17, 15) is 4.79 Å². The smallest absolute Gasteiger partial charge is 0.318 e. The first-order valence-corrected chi connectivity index (χ1v) is 8.56. The molecule has 5 rings (SSSR count). The van der Waals surface area contributed by atoms with E-state index < -0.39 is 5.92 Å². The number of fused-ring (bicyclic) bond motifs is 3. The Balaban J connectivity index is 1.41. The molecule has 0 radical (unpaired) electrons. The minimum atomic E-state index is -0.400. The summed E-state index contributed by atoms with van der Waals surface area (Å²) in [6, 6.07) is 15.4. The van der Waals surface area contributed by atoms with Gasteiger partial charge in [0.25, 0.3) is 0 Å². The lowest BCUT2D eigenvalue weighted by atomic mass is 9.88. The van der Waals surface area contributed by atoms with Crippen LogP contribution < -0.4 is 10.1 Å². The van der Waals surface area contributed by atoms with Gasteiger partial charge in [0, 0.05) is 17.0 Å². The fourth-order valence-corrected chi connectivity index (χ4v) is 4.22. The van der Waals surface area contributed by atoms with Crippen LogP contribution in [0.4, 0.5) is 0 Å². The van der Waals surface area contributed by atoms with Crippen molar-refractivity contribution in [2.24, 2.45) is 17.8 Å². The Morgan fingerprint density at radius 1 is 1.00 bits per heavy atom. The lowest BCUT2D eigenvalue weighted by Crippen LogP contribution is -2.23. The van der Waals surface area contributed by atoms with Crippen LogP contribution in [0.1, 0.15) is 17.0 Å².